The van der Waals surface area contributed by atoms with Crippen LogP contribution in [0.2, 0.25) is 0 Å². The minimum atomic E-state index is -0.476. The van der Waals surface area contributed by atoms with Gasteiger partial charge in [-0.15, -0.1) is 0 Å². The molecule has 0 unspecified atom stereocenters. The molecule has 0 radical (unpaired) electrons. The molecule has 2 amide bonds. The predicted molar refractivity (Wildman–Crippen MR) is 103 cm³/mol. The van der Waals surface area contributed by atoms with Crippen LogP contribution in [0.15, 0.2) is 24.3 Å². The van der Waals surface area contributed by atoms with Crippen LogP contribution in [0, 0.1) is 13.8 Å². The van der Waals surface area contributed by atoms with Gasteiger partial charge in [-0.05, 0) is 43.5 Å². The lowest BCUT2D eigenvalue weighted by atomic mass is 10.1. The molecule has 0 atom stereocenters. The zero-order valence-electron chi connectivity index (χ0n) is 16.1. The molecule has 27 heavy (non-hydrogen) atoms. The Labute approximate surface area is 158 Å². The van der Waals surface area contributed by atoms with Gasteiger partial charge in [0, 0.05) is 24.3 Å². The highest BCUT2D eigenvalue weighted by atomic mass is 16.5. The quantitative estimate of drug-likeness (QED) is 0.651. The molecule has 0 aliphatic carbocycles. The highest BCUT2D eigenvalue weighted by molar-refractivity contribution is 6.00. The second-order valence-corrected chi connectivity index (χ2v) is 6.30. The number of benzene rings is 1. The summed E-state index contributed by atoms with van der Waals surface area (Å²) in [6.45, 7) is 5.66. The fourth-order valence-electron chi connectivity index (χ4n) is 2.87. The Morgan fingerprint density at radius 3 is 2.59 bits per heavy atom. The van der Waals surface area contributed by atoms with E-state index in [2.05, 4.69) is 15.6 Å². The van der Waals surface area contributed by atoms with Gasteiger partial charge in [0.15, 0.2) is 0 Å². The molecule has 3 N–H and O–H groups in total. The number of carbonyl (C=O) groups excluding carboxylic acids is 3. The minimum absolute atomic E-state index is 0.0356. The number of H-pyrrole nitrogens is 1. The Bertz CT molecular complexity index is 855. The second kappa shape index (κ2) is 9.02. The van der Waals surface area contributed by atoms with Gasteiger partial charge in [0.2, 0.25) is 5.91 Å². The average Bonchev–Trinajstić information content (AvgIpc) is 2.94. The summed E-state index contributed by atoms with van der Waals surface area (Å²) < 4.78 is 4.76. The Balaban J connectivity index is 2.06. The number of hydrogen-bond acceptors (Lipinski definition) is 4. The van der Waals surface area contributed by atoms with E-state index in [0.717, 1.165) is 12.0 Å². The maximum Gasteiger partial charge on any atom is 0.339 e. The van der Waals surface area contributed by atoms with E-state index in [1.54, 1.807) is 19.9 Å². The van der Waals surface area contributed by atoms with Crippen LogP contribution in [-0.4, -0.2) is 29.9 Å². The fourth-order valence-corrected chi connectivity index (χ4v) is 2.87. The molecule has 7 nitrogen and oxygen atoms in total. The lowest BCUT2D eigenvalue weighted by Crippen LogP contribution is -2.24. The lowest BCUT2D eigenvalue weighted by Gasteiger charge is -2.08. The molecule has 0 bridgehead atoms. The van der Waals surface area contributed by atoms with Crippen molar-refractivity contribution in [2.45, 2.75) is 40.2 Å². The van der Waals surface area contributed by atoms with Gasteiger partial charge in [0.05, 0.1) is 12.7 Å². The normalized spacial score (nSPS) is 10.4. The Hall–Kier alpha value is -3.09. The number of anilines is 1. The molecule has 1 heterocycles. The first kappa shape index (κ1) is 20.2. The smallest absolute Gasteiger partial charge is 0.339 e. The molecule has 0 aliphatic rings. The van der Waals surface area contributed by atoms with Crippen LogP contribution in [0.4, 0.5) is 5.69 Å². The third-order valence-electron chi connectivity index (χ3n) is 4.19. The summed E-state index contributed by atoms with van der Waals surface area (Å²) in [4.78, 5) is 39.0. The summed E-state index contributed by atoms with van der Waals surface area (Å²) in [6, 6.07) is 7.31. The Morgan fingerprint density at radius 2 is 1.93 bits per heavy atom. The van der Waals surface area contributed by atoms with Gasteiger partial charge in [-0.25, -0.2) is 4.79 Å². The van der Waals surface area contributed by atoms with E-state index >= 15 is 0 Å². The first-order chi connectivity index (χ1) is 12.9. The molecule has 2 aromatic rings. The number of methoxy groups -OCH3 is 1. The molecular weight excluding hydrogens is 346 g/mol. The van der Waals surface area contributed by atoms with Crippen molar-refractivity contribution >= 4 is 23.5 Å². The molecule has 2 rings (SSSR count). The van der Waals surface area contributed by atoms with Crippen molar-refractivity contribution < 1.29 is 19.1 Å². The molecule has 0 aliphatic heterocycles. The summed E-state index contributed by atoms with van der Waals surface area (Å²) in [5, 5.41) is 5.66. The molecule has 0 fully saturated rings. The van der Waals surface area contributed by atoms with Gasteiger partial charge < -0.3 is 20.4 Å². The van der Waals surface area contributed by atoms with E-state index < -0.39 is 5.97 Å². The first-order valence-electron chi connectivity index (χ1n) is 8.81. The summed E-state index contributed by atoms with van der Waals surface area (Å²) in [5.41, 5.74) is 3.40. The molecule has 0 saturated heterocycles. The second-order valence-electron chi connectivity index (χ2n) is 6.30. The summed E-state index contributed by atoms with van der Waals surface area (Å²) in [6.07, 6.45) is 1.25. The number of amides is 2. The largest absolute Gasteiger partial charge is 0.465 e. The van der Waals surface area contributed by atoms with Crippen molar-refractivity contribution in [1.29, 1.82) is 0 Å². The van der Waals surface area contributed by atoms with Crippen molar-refractivity contribution in [1.82, 2.24) is 10.3 Å². The number of aryl methyl sites for hydroxylation is 1. The molecule has 144 valence electrons. The third kappa shape index (κ3) is 4.97. The van der Waals surface area contributed by atoms with Gasteiger partial charge in [-0.3, -0.25) is 9.59 Å². The lowest BCUT2D eigenvalue weighted by molar-refractivity contribution is -0.116. The van der Waals surface area contributed by atoms with Crippen molar-refractivity contribution in [3.8, 4) is 0 Å². The third-order valence-corrected chi connectivity index (χ3v) is 4.19. The number of ether oxygens (including phenoxy) is 1. The van der Waals surface area contributed by atoms with Crippen LogP contribution < -0.4 is 10.6 Å². The topological polar surface area (TPSA) is 100 Å². The van der Waals surface area contributed by atoms with E-state index in [-0.39, 0.29) is 11.8 Å². The zero-order chi connectivity index (χ0) is 20.0. The molecule has 0 spiro atoms. The highest BCUT2D eigenvalue weighted by Crippen LogP contribution is 2.19. The van der Waals surface area contributed by atoms with Crippen molar-refractivity contribution in [2.24, 2.45) is 0 Å². The van der Waals surface area contributed by atoms with E-state index in [4.69, 9.17) is 4.74 Å². The van der Waals surface area contributed by atoms with Crippen LogP contribution in [0.5, 0.6) is 0 Å². The molecule has 1 aromatic carbocycles. The molecule has 0 saturated carbocycles. The Kier molecular flexibility index (Phi) is 6.76. The number of carbonyl (C=O) groups is 3. The zero-order valence-corrected chi connectivity index (χ0v) is 16.1. The number of aromatic amines is 1. The maximum absolute atomic E-state index is 12.5. The number of hydrogen-bond donors (Lipinski definition) is 3. The van der Waals surface area contributed by atoms with Crippen LogP contribution in [0.1, 0.15) is 57.4 Å². The highest BCUT2D eigenvalue weighted by Gasteiger charge is 2.22. The maximum atomic E-state index is 12.5. The average molecular weight is 371 g/mol. The van der Waals surface area contributed by atoms with Crippen LogP contribution in [0.25, 0.3) is 0 Å². The molecular formula is C20H25N3O4. The van der Waals surface area contributed by atoms with E-state index in [1.165, 1.54) is 7.11 Å². The van der Waals surface area contributed by atoms with Gasteiger partial charge >= 0.3 is 5.97 Å². The van der Waals surface area contributed by atoms with Crippen LogP contribution in [0.3, 0.4) is 0 Å². The summed E-state index contributed by atoms with van der Waals surface area (Å²) >= 11 is 0. The van der Waals surface area contributed by atoms with Crippen LogP contribution in [-0.2, 0) is 16.1 Å². The summed E-state index contributed by atoms with van der Waals surface area (Å²) in [5.74, 6) is -0.825. The summed E-state index contributed by atoms with van der Waals surface area (Å²) in [7, 11) is 1.31. The molecule has 7 heteroatoms. The van der Waals surface area contributed by atoms with Crippen molar-refractivity contribution in [3.05, 3.63) is 52.3 Å². The van der Waals surface area contributed by atoms with Gasteiger partial charge in [0.1, 0.15) is 5.69 Å². The van der Waals surface area contributed by atoms with Crippen molar-refractivity contribution in [2.75, 3.05) is 12.4 Å². The minimum Gasteiger partial charge on any atom is -0.465 e. The number of aromatic nitrogens is 1. The monoisotopic (exact) mass is 371 g/mol. The number of esters is 1. The van der Waals surface area contributed by atoms with Crippen molar-refractivity contribution in [3.63, 3.8) is 0 Å². The standard InChI is InChI=1S/C20H25N3O4/c1-5-7-16(24)23-15-9-6-8-14(10-15)11-21-19(25)18-12(2)17(13(3)22-18)20(26)27-4/h6,8-10,22H,5,7,11H2,1-4H3,(H,21,25)(H,23,24). The first-order valence-corrected chi connectivity index (χ1v) is 8.81. The number of nitrogens with one attached hydrogen (secondary N) is 3. The van der Waals surface area contributed by atoms with Gasteiger partial charge in [0.25, 0.3) is 5.91 Å². The number of rotatable bonds is 7. The van der Waals surface area contributed by atoms with Gasteiger partial charge in [-0.1, -0.05) is 19.1 Å². The Morgan fingerprint density at radius 1 is 1.19 bits per heavy atom. The molecule has 1 aromatic heterocycles. The SMILES string of the molecule is CCCC(=O)Nc1cccc(CNC(=O)c2[nH]c(C)c(C(=O)OC)c2C)c1. The fraction of sp³-hybridized carbons (Fsp3) is 0.350. The van der Waals surface area contributed by atoms with Gasteiger partial charge in [-0.2, -0.15) is 0 Å². The van der Waals surface area contributed by atoms with E-state index in [9.17, 15) is 14.4 Å². The predicted octanol–water partition coefficient (Wildman–Crippen LogP) is 3.09. The van der Waals surface area contributed by atoms with E-state index in [1.807, 2.05) is 25.1 Å². The van der Waals surface area contributed by atoms with Crippen LogP contribution >= 0.6 is 0 Å². The van der Waals surface area contributed by atoms with E-state index in [0.29, 0.717) is 41.2 Å².